The summed E-state index contributed by atoms with van der Waals surface area (Å²) in [7, 11) is 8.56. The minimum absolute atomic E-state index is 0.0129. The zero-order valence-electron chi connectivity index (χ0n) is 47.5. The van der Waals surface area contributed by atoms with Crippen LogP contribution in [0, 0.1) is 28.6 Å². The number of nitrogens with one attached hydrogen (secondary N) is 1. The molecule has 436 valence electrons. The zero-order valence-corrected chi connectivity index (χ0v) is 47.5. The third kappa shape index (κ3) is 14.5. The molecule has 1 aromatic heterocycles. The number of aromatic nitrogens is 1. The van der Waals surface area contributed by atoms with Crippen LogP contribution < -0.4 is 20.5 Å². The number of nitroso groups, excluding NO2 is 1. The van der Waals surface area contributed by atoms with Crippen LogP contribution in [0.25, 0.3) is 10.9 Å². The standard InChI is InChI=1S/C54H87N5O18/c1-16-39-54(10,68)46(63)30(4)42(56-69)28(2)25-52(8,67)47(77-51-44(62)38(57(11)12)23-29(3)72-51)31(5)45(32(6)50(66)74-39)76-41-26-53(9,70-15)48(33(7)73-41)75-40(60)19-20-55-21-22-71-34-17-18-35-37(24-34)59(58(13)14)27-36(43(35)61)49(64)65/h17-18,24,27-33,38-39,41-42,44-48,51,55,62-63,67-68H,16,19-23,25-26H2,1-15H3,(H,64,65)/t28-,29-,30?,31+,32-,33+,38+,39-,41+,42?,44-,45+,46-,47-,48+,51+,52-,53-,54-/m1/s1. The first-order valence-electron chi connectivity index (χ1n) is 26.7. The summed E-state index contributed by atoms with van der Waals surface area (Å²) < 4.78 is 51.9. The van der Waals surface area contributed by atoms with Crippen LogP contribution in [-0.4, -0.2) is 198 Å². The van der Waals surface area contributed by atoms with Crippen molar-refractivity contribution >= 4 is 28.8 Å². The maximum atomic E-state index is 14.5. The van der Waals surface area contributed by atoms with Crippen molar-refractivity contribution < 1.29 is 77.8 Å². The molecule has 6 N–H and O–H groups in total. The molecule has 3 fully saturated rings. The minimum atomic E-state index is -2.04. The predicted octanol–water partition coefficient (Wildman–Crippen LogP) is 3.17. The number of rotatable bonds is 18. The predicted molar refractivity (Wildman–Crippen MR) is 283 cm³/mol. The Morgan fingerprint density at radius 3 is 2.21 bits per heavy atom. The van der Waals surface area contributed by atoms with Crippen LogP contribution in [0.5, 0.6) is 5.75 Å². The van der Waals surface area contributed by atoms with E-state index in [-0.39, 0.29) is 61.9 Å². The molecule has 3 aliphatic heterocycles. The number of esters is 2. The third-order valence-electron chi connectivity index (χ3n) is 16.1. The number of aliphatic hydroxyl groups is 4. The van der Waals surface area contributed by atoms with Crippen LogP contribution in [0.1, 0.15) is 112 Å². The van der Waals surface area contributed by atoms with E-state index in [9.17, 15) is 49.6 Å². The van der Waals surface area contributed by atoms with Gasteiger partial charge in [0.05, 0.1) is 60.0 Å². The van der Waals surface area contributed by atoms with Gasteiger partial charge in [-0.2, -0.15) is 4.91 Å². The topological polar surface area (TPSA) is 296 Å². The van der Waals surface area contributed by atoms with Crippen molar-refractivity contribution in [2.75, 3.05) is 60.0 Å². The summed E-state index contributed by atoms with van der Waals surface area (Å²) in [6, 6.07) is 3.24. The quantitative estimate of drug-likeness (QED) is 0.0710. The highest BCUT2D eigenvalue weighted by Crippen LogP contribution is 2.42. The number of cyclic esters (lactones) is 1. The molecule has 0 saturated carbocycles. The molecule has 0 spiro atoms. The summed E-state index contributed by atoms with van der Waals surface area (Å²) in [5.41, 5.74) is -5.60. The number of carbonyl (C=O) groups excluding carboxylic acids is 2. The lowest BCUT2D eigenvalue weighted by Gasteiger charge is -2.49. The molecule has 19 atom stereocenters. The molecule has 0 amide bonds. The highest BCUT2D eigenvalue weighted by Gasteiger charge is 2.54. The number of hydrogen-bond acceptors (Lipinski definition) is 21. The Labute approximate surface area is 451 Å². The normalized spacial score (nSPS) is 37.6. The molecule has 77 heavy (non-hydrogen) atoms. The van der Waals surface area contributed by atoms with E-state index in [4.69, 9.17) is 37.9 Å². The Hall–Kier alpha value is -4.40. The van der Waals surface area contributed by atoms with Crippen LogP contribution in [0.3, 0.4) is 0 Å². The van der Waals surface area contributed by atoms with Gasteiger partial charge in [-0.25, -0.2) is 4.79 Å². The molecule has 0 bridgehead atoms. The number of methoxy groups -OCH3 is 1. The molecule has 23 nitrogen and oxygen atoms in total. The number of carbonyl (C=O) groups is 3. The second-order valence-corrected chi connectivity index (χ2v) is 22.7. The maximum absolute atomic E-state index is 14.5. The summed E-state index contributed by atoms with van der Waals surface area (Å²) >= 11 is 0. The van der Waals surface area contributed by atoms with Gasteiger partial charge >= 0.3 is 17.9 Å². The number of benzene rings is 1. The lowest BCUT2D eigenvalue weighted by atomic mass is 9.72. The molecule has 0 radical (unpaired) electrons. The molecule has 5 rings (SSSR count). The third-order valence-corrected chi connectivity index (χ3v) is 16.1. The summed E-state index contributed by atoms with van der Waals surface area (Å²) in [6.07, 6.45) is -9.33. The fourth-order valence-corrected chi connectivity index (χ4v) is 11.6. The van der Waals surface area contributed by atoms with Crippen molar-refractivity contribution in [3.05, 3.63) is 45.1 Å². The lowest BCUT2D eigenvalue weighted by molar-refractivity contribution is -0.319. The van der Waals surface area contributed by atoms with Crippen LogP contribution in [0.15, 0.2) is 34.4 Å². The molecule has 2 aromatic rings. The van der Waals surface area contributed by atoms with E-state index < -0.39 is 125 Å². The average molecular weight is 1090 g/mol. The SMILES string of the molecule is CC[C@H]1OC(=O)[C@H](C)[C@@H](O[C@H]2C[C@@](C)(OC)[C@@H](OC(=O)CCNCCOc3ccc4c(=O)c(C(=O)O)cn(N(C)C)c4c3)[C@H](C)O2)[C@H](C)[C@@H](O[C@@H]2O[C@H](C)C[C@H](N(C)C)[C@H]2O)[C@](C)(O)C[C@@H](C)C(N=O)C(C)[C@@H](O)[C@]1(C)O. The van der Waals surface area contributed by atoms with E-state index in [1.165, 1.54) is 33.2 Å². The fraction of sp³-hybridized carbons (Fsp3) is 0.778. The van der Waals surface area contributed by atoms with E-state index in [0.29, 0.717) is 24.2 Å². The largest absolute Gasteiger partial charge is 0.492 e. The number of aromatic carboxylic acids is 1. The number of carboxylic acid groups (broad SMARTS) is 1. The second-order valence-electron chi connectivity index (χ2n) is 22.7. The van der Waals surface area contributed by atoms with Gasteiger partial charge in [0, 0.05) is 76.2 Å². The molecule has 2 unspecified atom stereocenters. The first-order chi connectivity index (χ1) is 35.9. The number of aliphatic hydroxyl groups excluding tert-OH is 2. The molecule has 3 saturated heterocycles. The van der Waals surface area contributed by atoms with Crippen molar-refractivity contribution in [3.8, 4) is 5.75 Å². The molecule has 4 heterocycles. The molecule has 0 aliphatic carbocycles. The van der Waals surface area contributed by atoms with Gasteiger partial charge < -0.3 is 78.7 Å². The summed E-state index contributed by atoms with van der Waals surface area (Å²) in [5, 5.41) is 66.0. The van der Waals surface area contributed by atoms with Gasteiger partial charge in [0.2, 0.25) is 5.43 Å². The number of pyridine rings is 1. The first kappa shape index (κ1) is 63.4. The highest BCUT2D eigenvalue weighted by atomic mass is 16.7. The molecule has 23 heteroatoms. The zero-order chi connectivity index (χ0) is 57.6. The molecule has 3 aliphatic rings. The van der Waals surface area contributed by atoms with Crippen LogP contribution in [0.4, 0.5) is 0 Å². The molecule has 1 aromatic carbocycles. The Balaban J connectivity index is 1.34. The van der Waals surface area contributed by atoms with E-state index in [1.807, 2.05) is 25.9 Å². The van der Waals surface area contributed by atoms with Crippen molar-refractivity contribution in [2.45, 2.75) is 192 Å². The number of carboxylic acids is 1. The Kier molecular flexibility index (Phi) is 21.6. The minimum Gasteiger partial charge on any atom is -0.492 e. The van der Waals surface area contributed by atoms with Gasteiger partial charge in [-0.15, -0.1) is 0 Å². The lowest BCUT2D eigenvalue weighted by Crippen LogP contribution is -2.61. The molecular formula is C54H87N5O18. The number of likely N-dealkylation sites (N-methyl/N-ethyl adjacent to an activating group) is 1. The highest BCUT2D eigenvalue weighted by molar-refractivity contribution is 5.93. The number of nitrogens with zero attached hydrogens (tertiary/aromatic N) is 4. The summed E-state index contributed by atoms with van der Waals surface area (Å²) in [5.74, 6) is -6.01. The number of hydrogen-bond donors (Lipinski definition) is 6. The average Bonchev–Trinajstić information content (AvgIpc) is 3.35. The maximum Gasteiger partial charge on any atom is 0.341 e. The van der Waals surface area contributed by atoms with Crippen LogP contribution >= 0.6 is 0 Å². The monoisotopic (exact) mass is 1090 g/mol. The van der Waals surface area contributed by atoms with Gasteiger partial charge in [-0.05, 0) is 93.0 Å². The fourth-order valence-electron chi connectivity index (χ4n) is 11.6. The second kappa shape index (κ2) is 26.2. The van der Waals surface area contributed by atoms with Crippen molar-refractivity contribution in [2.24, 2.45) is 28.8 Å². The van der Waals surface area contributed by atoms with Gasteiger partial charge in [0.25, 0.3) is 0 Å². The summed E-state index contributed by atoms with van der Waals surface area (Å²) in [6.45, 7) is 17.2. The first-order valence-corrected chi connectivity index (χ1v) is 26.7. The van der Waals surface area contributed by atoms with E-state index in [1.54, 1.807) is 84.4 Å². The van der Waals surface area contributed by atoms with Crippen molar-refractivity contribution in [3.63, 3.8) is 0 Å². The Morgan fingerprint density at radius 2 is 1.61 bits per heavy atom. The van der Waals surface area contributed by atoms with Gasteiger partial charge in [-0.1, -0.05) is 32.9 Å². The number of ether oxygens (including phenoxy) is 8. The van der Waals surface area contributed by atoms with E-state index in [0.717, 1.165) is 0 Å². The van der Waals surface area contributed by atoms with Crippen molar-refractivity contribution in [1.82, 2.24) is 14.9 Å². The van der Waals surface area contributed by atoms with E-state index >= 15 is 0 Å². The van der Waals surface area contributed by atoms with Crippen LogP contribution in [-0.2, 0) is 42.7 Å². The Bertz CT molecular complexity index is 2380. The van der Waals surface area contributed by atoms with Gasteiger partial charge in [0.1, 0.15) is 41.3 Å². The summed E-state index contributed by atoms with van der Waals surface area (Å²) in [4.78, 5) is 67.0. The van der Waals surface area contributed by atoms with Gasteiger partial charge in [-0.3, -0.25) is 19.1 Å². The molecular weight excluding hydrogens is 1010 g/mol. The van der Waals surface area contributed by atoms with Crippen LogP contribution in [0.2, 0.25) is 0 Å². The van der Waals surface area contributed by atoms with Gasteiger partial charge in [0.15, 0.2) is 18.7 Å². The number of fused-ring (bicyclic) bond motifs is 1. The smallest absolute Gasteiger partial charge is 0.341 e. The van der Waals surface area contributed by atoms with Crippen molar-refractivity contribution in [1.29, 1.82) is 0 Å². The Morgan fingerprint density at radius 1 is 0.935 bits per heavy atom. The van der Waals surface area contributed by atoms with E-state index in [2.05, 4.69) is 10.5 Å².